The van der Waals surface area contributed by atoms with E-state index < -0.39 is 0 Å². The van der Waals surface area contributed by atoms with Gasteiger partial charge in [0.15, 0.2) is 0 Å². The van der Waals surface area contributed by atoms with Gasteiger partial charge in [-0.05, 0) is 49.9 Å². The van der Waals surface area contributed by atoms with Crippen LogP contribution >= 0.6 is 0 Å². The molecule has 0 spiro atoms. The molecule has 2 aliphatic heterocycles. The lowest BCUT2D eigenvalue weighted by molar-refractivity contribution is -0.119. The second kappa shape index (κ2) is 5.01. The Morgan fingerprint density at radius 3 is 2.06 bits per heavy atom. The van der Waals surface area contributed by atoms with Crippen molar-refractivity contribution in [3.05, 3.63) is 24.3 Å². The van der Waals surface area contributed by atoms with Gasteiger partial charge in [-0.2, -0.15) is 0 Å². The normalized spacial score (nSPS) is 20.6. The number of amides is 1. The van der Waals surface area contributed by atoms with Gasteiger partial charge in [0.2, 0.25) is 5.91 Å². The van der Waals surface area contributed by atoms with Gasteiger partial charge in [-0.1, -0.05) is 0 Å². The second-order valence-electron chi connectivity index (χ2n) is 5.21. The number of carbonyl (C=O) groups excluding carboxylic acids is 1. The molecule has 2 heterocycles. The van der Waals surface area contributed by atoms with Crippen molar-refractivity contribution in [1.29, 1.82) is 0 Å². The van der Waals surface area contributed by atoms with E-state index in [1.54, 1.807) is 0 Å². The van der Waals surface area contributed by atoms with Crippen LogP contribution in [0, 0.1) is 0 Å². The van der Waals surface area contributed by atoms with Gasteiger partial charge < -0.3 is 9.80 Å². The topological polar surface area (TPSA) is 23.6 Å². The van der Waals surface area contributed by atoms with E-state index in [2.05, 4.69) is 29.2 Å². The van der Waals surface area contributed by atoms with Gasteiger partial charge in [-0.15, -0.1) is 0 Å². The van der Waals surface area contributed by atoms with Gasteiger partial charge in [0.05, 0.1) is 0 Å². The summed E-state index contributed by atoms with van der Waals surface area (Å²) in [5.74, 6) is 0.273. The maximum absolute atomic E-state index is 11.9. The monoisotopic (exact) mass is 244 g/mol. The third-order valence-electron chi connectivity index (χ3n) is 3.96. The third kappa shape index (κ3) is 2.22. The molecule has 0 unspecified atom stereocenters. The van der Waals surface area contributed by atoms with E-state index in [0.717, 1.165) is 25.1 Å². The SMILES string of the molecule is O=C1CCCCN1c1ccc(N2CCCC2)cc1. The highest BCUT2D eigenvalue weighted by Crippen LogP contribution is 2.26. The highest BCUT2D eigenvalue weighted by atomic mass is 16.2. The Morgan fingerprint density at radius 2 is 1.39 bits per heavy atom. The van der Waals surface area contributed by atoms with Crippen molar-refractivity contribution in [2.75, 3.05) is 29.4 Å². The van der Waals surface area contributed by atoms with Crippen molar-refractivity contribution < 1.29 is 4.79 Å². The number of anilines is 2. The minimum Gasteiger partial charge on any atom is -0.372 e. The zero-order valence-electron chi connectivity index (χ0n) is 10.8. The molecule has 3 rings (SSSR count). The summed E-state index contributed by atoms with van der Waals surface area (Å²) in [6.45, 7) is 3.21. The number of piperidine rings is 1. The zero-order chi connectivity index (χ0) is 12.4. The molecule has 18 heavy (non-hydrogen) atoms. The van der Waals surface area contributed by atoms with Gasteiger partial charge in [0, 0.05) is 37.4 Å². The summed E-state index contributed by atoms with van der Waals surface area (Å²) in [4.78, 5) is 16.2. The molecule has 3 heteroatoms. The molecule has 0 saturated carbocycles. The molecule has 0 N–H and O–H groups in total. The summed E-state index contributed by atoms with van der Waals surface area (Å²) in [5.41, 5.74) is 2.35. The second-order valence-corrected chi connectivity index (χ2v) is 5.21. The van der Waals surface area contributed by atoms with Crippen molar-refractivity contribution >= 4 is 17.3 Å². The van der Waals surface area contributed by atoms with Gasteiger partial charge in [0.25, 0.3) is 0 Å². The minimum atomic E-state index is 0.273. The van der Waals surface area contributed by atoms with Crippen LogP contribution in [0.2, 0.25) is 0 Å². The fraction of sp³-hybridized carbons (Fsp3) is 0.533. The first-order valence-electron chi connectivity index (χ1n) is 7.00. The van der Waals surface area contributed by atoms with Crippen LogP contribution in [0.5, 0.6) is 0 Å². The van der Waals surface area contributed by atoms with Crippen LogP contribution < -0.4 is 9.80 Å². The molecule has 2 saturated heterocycles. The first-order valence-corrected chi connectivity index (χ1v) is 7.00. The summed E-state index contributed by atoms with van der Waals surface area (Å²) in [6.07, 6.45) is 5.47. The standard InChI is InChI=1S/C15H20N2O/c18-15-5-1-2-12-17(15)14-8-6-13(7-9-14)16-10-3-4-11-16/h6-9H,1-5,10-12H2. The van der Waals surface area contributed by atoms with Gasteiger partial charge in [0.1, 0.15) is 0 Å². The van der Waals surface area contributed by atoms with E-state index in [9.17, 15) is 4.79 Å². The Bertz CT molecular complexity index is 421. The Morgan fingerprint density at radius 1 is 0.778 bits per heavy atom. The number of nitrogens with zero attached hydrogens (tertiary/aromatic N) is 2. The van der Waals surface area contributed by atoms with Crippen molar-refractivity contribution in [2.45, 2.75) is 32.1 Å². The van der Waals surface area contributed by atoms with E-state index >= 15 is 0 Å². The van der Waals surface area contributed by atoms with Crippen molar-refractivity contribution in [3.8, 4) is 0 Å². The van der Waals surface area contributed by atoms with Crippen LogP contribution in [0.1, 0.15) is 32.1 Å². The molecule has 1 amide bonds. The van der Waals surface area contributed by atoms with Gasteiger partial charge in [-0.3, -0.25) is 4.79 Å². The quantitative estimate of drug-likeness (QED) is 0.798. The molecule has 0 radical (unpaired) electrons. The molecule has 0 atom stereocenters. The minimum absolute atomic E-state index is 0.273. The molecular weight excluding hydrogens is 224 g/mol. The summed E-state index contributed by atoms with van der Waals surface area (Å²) >= 11 is 0. The van der Waals surface area contributed by atoms with Gasteiger partial charge in [-0.25, -0.2) is 0 Å². The van der Waals surface area contributed by atoms with Crippen molar-refractivity contribution in [1.82, 2.24) is 0 Å². The lowest BCUT2D eigenvalue weighted by Gasteiger charge is -2.27. The number of benzene rings is 1. The predicted molar refractivity (Wildman–Crippen MR) is 74.1 cm³/mol. The number of hydrogen-bond donors (Lipinski definition) is 0. The maximum atomic E-state index is 11.9. The van der Waals surface area contributed by atoms with E-state index in [1.165, 1.54) is 31.6 Å². The van der Waals surface area contributed by atoms with Crippen LogP contribution in [-0.2, 0) is 4.79 Å². The Labute approximate surface area is 108 Å². The summed E-state index contributed by atoms with van der Waals surface area (Å²) in [7, 11) is 0. The van der Waals surface area contributed by atoms with Crippen LogP contribution in [-0.4, -0.2) is 25.5 Å². The molecule has 0 bridgehead atoms. The molecule has 3 nitrogen and oxygen atoms in total. The largest absolute Gasteiger partial charge is 0.372 e. The molecule has 96 valence electrons. The molecule has 1 aromatic rings. The van der Waals surface area contributed by atoms with Crippen LogP contribution in [0.25, 0.3) is 0 Å². The van der Waals surface area contributed by atoms with Crippen LogP contribution in [0.3, 0.4) is 0 Å². The summed E-state index contributed by atoms with van der Waals surface area (Å²) in [6, 6.07) is 8.50. The van der Waals surface area contributed by atoms with Gasteiger partial charge >= 0.3 is 0 Å². The average molecular weight is 244 g/mol. The molecule has 0 aromatic heterocycles. The highest BCUT2D eigenvalue weighted by molar-refractivity contribution is 5.94. The Balaban J connectivity index is 1.75. The molecule has 1 aromatic carbocycles. The molecule has 0 aliphatic carbocycles. The first-order chi connectivity index (χ1) is 8.84. The summed E-state index contributed by atoms with van der Waals surface area (Å²) < 4.78 is 0. The maximum Gasteiger partial charge on any atom is 0.226 e. The molecule has 2 aliphatic rings. The smallest absolute Gasteiger partial charge is 0.226 e. The number of carbonyl (C=O) groups is 1. The number of rotatable bonds is 2. The molecular formula is C15H20N2O. The third-order valence-corrected chi connectivity index (χ3v) is 3.96. The van der Waals surface area contributed by atoms with E-state index in [0.29, 0.717) is 6.42 Å². The van der Waals surface area contributed by atoms with Crippen molar-refractivity contribution in [2.24, 2.45) is 0 Å². The fourth-order valence-corrected chi connectivity index (χ4v) is 2.90. The first kappa shape index (κ1) is 11.6. The fourth-order valence-electron chi connectivity index (χ4n) is 2.90. The van der Waals surface area contributed by atoms with E-state index in [1.807, 2.05) is 4.90 Å². The van der Waals surface area contributed by atoms with Crippen LogP contribution in [0.4, 0.5) is 11.4 Å². The van der Waals surface area contributed by atoms with Crippen LogP contribution in [0.15, 0.2) is 24.3 Å². The predicted octanol–water partition coefficient (Wildman–Crippen LogP) is 2.80. The lowest BCUT2D eigenvalue weighted by Crippen LogP contribution is -2.35. The average Bonchev–Trinajstić information content (AvgIpc) is 2.94. The Hall–Kier alpha value is -1.51. The van der Waals surface area contributed by atoms with E-state index in [-0.39, 0.29) is 5.91 Å². The van der Waals surface area contributed by atoms with Crippen molar-refractivity contribution in [3.63, 3.8) is 0 Å². The number of hydrogen-bond acceptors (Lipinski definition) is 2. The highest BCUT2D eigenvalue weighted by Gasteiger charge is 2.20. The summed E-state index contributed by atoms with van der Waals surface area (Å²) in [5, 5.41) is 0. The Kier molecular flexibility index (Phi) is 3.22. The lowest BCUT2D eigenvalue weighted by atomic mass is 10.1. The molecule has 2 fully saturated rings. The van der Waals surface area contributed by atoms with E-state index in [4.69, 9.17) is 0 Å². The zero-order valence-corrected chi connectivity index (χ0v) is 10.8.